The molecule has 0 spiro atoms. The number of amides is 2. The molecule has 5 rings (SSSR count). The number of nitrogens with zero attached hydrogens (tertiary/aromatic N) is 4. The summed E-state index contributed by atoms with van der Waals surface area (Å²) in [5.74, 6) is -1.65. The second-order valence-electron chi connectivity index (χ2n) is 16.6. The SMILES string of the molecule is CO[C@@H](C)c1ncccc1-c1c(CC(C)(C)CO)c2cc(C3CCN(C[C@H](NC(=O)OC(C)(C)C)C(=O)N4CCC[C@@H](C(=O)O)N4)C3)ccc2n1C(F)C(F)F. The number of nitrogens with one attached hydrogen (secondary N) is 2. The molecule has 0 saturated carbocycles. The molecule has 2 fully saturated rings. The maximum atomic E-state index is 15.9. The lowest BCUT2D eigenvalue weighted by molar-refractivity contribution is -0.148. The summed E-state index contributed by atoms with van der Waals surface area (Å²) < 4.78 is 56.7. The zero-order chi connectivity index (χ0) is 41.1. The number of hydrogen-bond donors (Lipinski definition) is 4. The summed E-state index contributed by atoms with van der Waals surface area (Å²) in [5.41, 5.74) is 4.15. The summed E-state index contributed by atoms with van der Waals surface area (Å²) in [7, 11) is 1.51. The number of carbonyl (C=O) groups is 3. The third-order valence-electron chi connectivity index (χ3n) is 10.4. The van der Waals surface area contributed by atoms with E-state index in [2.05, 4.69) is 15.7 Å². The van der Waals surface area contributed by atoms with Crippen molar-refractivity contribution in [3.63, 3.8) is 0 Å². The monoisotopic (exact) mass is 788 g/mol. The molecule has 308 valence electrons. The van der Waals surface area contributed by atoms with E-state index in [1.807, 2.05) is 30.9 Å². The molecule has 4 heterocycles. The van der Waals surface area contributed by atoms with Crippen molar-refractivity contribution in [2.24, 2.45) is 5.41 Å². The van der Waals surface area contributed by atoms with Crippen LogP contribution in [0.3, 0.4) is 0 Å². The number of aromatic nitrogens is 2. The Morgan fingerprint density at radius 1 is 1.09 bits per heavy atom. The van der Waals surface area contributed by atoms with Crippen molar-refractivity contribution in [2.75, 3.05) is 39.9 Å². The van der Waals surface area contributed by atoms with Gasteiger partial charge in [0.15, 0.2) is 0 Å². The van der Waals surface area contributed by atoms with Crippen LogP contribution in [0.1, 0.15) is 95.9 Å². The van der Waals surface area contributed by atoms with Gasteiger partial charge in [0.25, 0.3) is 12.3 Å². The van der Waals surface area contributed by atoms with Crippen LogP contribution < -0.4 is 10.7 Å². The van der Waals surface area contributed by atoms with E-state index in [4.69, 9.17) is 9.47 Å². The van der Waals surface area contributed by atoms with Crippen molar-refractivity contribution >= 4 is 28.9 Å². The lowest BCUT2D eigenvalue weighted by Crippen LogP contribution is -2.61. The van der Waals surface area contributed by atoms with E-state index < -0.39 is 59.9 Å². The number of hydrogen-bond acceptors (Lipinski definition) is 9. The molecule has 2 aliphatic rings. The number of ether oxygens (including phenoxy) is 2. The Kier molecular flexibility index (Phi) is 13.4. The van der Waals surface area contributed by atoms with Crippen molar-refractivity contribution in [1.29, 1.82) is 0 Å². The summed E-state index contributed by atoms with van der Waals surface area (Å²) in [4.78, 5) is 45.0. The van der Waals surface area contributed by atoms with Gasteiger partial charge < -0.3 is 34.5 Å². The van der Waals surface area contributed by atoms with Gasteiger partial charge in [-0.15, -0.1) is 0 Å². The fourth-order valence-corrected chi connectivity index (χ4v) is 7.56. The van der Waals surface area contributed by atoms with Crippen molar-refractivity contribution in [3.8, 4) is 11.3 Å². The predicted molar refractivity (Wildman–Crippen MR) is 204 cm³/mol. The number of fused-ring (bicyclic) bond motifs is 1. The molecule has 2 saturated heterocycles. The number of carboxylic acid groups (broad SMARTS) is 1. The number of methoxy groups -OCH3 is 1. The average Bonchev–Trinajstić information content (AvgIpc) is 3.74. The molecule has 5 atom stereocenters. The molecule has 13 nitrogen and oxygen atoms in total. The number of aliphatic hydroxyl groups is 1. The second-order valence-corrected chi connectivity index (χ2v) is 16.6. The number of benzene rings is 1. The fraction of sp³-hybridized carbons (Fsp3) is 0.600. The number of likely N-dealkylation sites (tertiary alicyclic amines) is 1. The minimum Gasteiger partial charge on any atom is -0.480 e. The Morgan fingerprint density at radius 3 is 2.46 bits per heavy atom. The molecule has 16 heteroatoms. The van der Waals surface area contributed by atoms with Gasteiger partial charge in [-0.25, -0.2) is 23.4 Å². The smallest absolute Gasteiger partial charge is 0.408 e. The summed E-state index contributed by atoms with van der Waals surface area (Å²) in [6.45, 7) is 11.8. The Morgan fingerprint density at radius 2 is 1.82 bits per heavy atom. The minimum absolute atomic E-state index is 0.0783. The average molecular weight is 789 g/mol. The van der Waals surface area contributed by atoms with Gasteiger partial charge in [-0.3, -0.25) is 19.6 Å². The van der Waals surface area contributed by atoms with Gasteiger partial charge in [0, 0.05) is 50.5 Å². The zero-order valence-electron chi connectivity index (χ0n) is 33.2. The van der Waals surface area contributed by atoms with Crippen LogP contribution in [0, 0.1) is 5.41 Å². The molecular weight excluding hydrogens is 733 g/mol. The molecule has 0 aliphatic carbocycles. The highest BCUT2D eigenvalue weighted by Gasteiger charge is 2.37. The molecule has 2 aliphatic heterocycles. The van der Waals surface area contributed by atoms with E-state index in [0.29, 0.717) is 54.6 Å². The minimum atomic E-state index is -3.33. The summed E-state index contributed by atoms with van der Waals surface area (Å²) >= 11 is 0. The molecule has 4 N–H and O–H groups in total. The third-order valence-corrected chi connectivity index (χ3v) is 10.4. The normalized spacial score (nSPS) is 20.0. The molecule has 0 bridgehead atoms. The second kappa shape index (κ2) is 17.5. The molecule has 3 aromatic rings. The van der Waals surface area contributed by atoms with Crippen LogP contribution in [0.25, 0.3) is 22.2 Å². The number of aliphatic hydroxyl groups excluding tert-OH is 1. The maximum Gasteiger partial charge on any atom is 0.408 e. The first-order valence-corrected chi connectivity index (χ1v) is 19.0. The highest BCUT2D eigenvalue weighted by molar-refractivity contribution is 5.93. The van der Waals surface area contributed by atoms with Crippen molar-refractivity contribution in [2.45, 2.75) is 110 Å². The van der Waals surface area contributed by atoms with Crippen LogP contribution in [-0.2, 0) is 25.5 Å². The Hall–Kier alpha value is -4.25. The first-order chi connectivity index (χ1) is 26.3. The first kappa shape index (κ1) is 42.9. The number of rotatable bonds is 14. The highest BCUT2D eigenvalue weighted by atomic mass is 19.3. The van der Waals surface area contributed by atoms with Gasteiger partial charge in [0.1, 0.15) is 17.7 Å². The van der Waals surface area contributed by atoms with Gasteiger partial charge in [-0.05, 0) is 107 Å². The molecule has 56 heavy (non-hydrogen) atoms. The van der Waals surface area contributed by atoms with Crippen molar-refractivity contribution in [3.05, 3.63) is 53.3 Å². The zero-order valence-corrected chi connectivity index (χ0v) is 33.2. The number of carboxylic acids is 1. The number of carbonyl (C=O) groups excluding carboxylic acids is 2. The van der Waals surface area contributed by atoms with E-state index in [1.54, 1.807) is 52.1 Å². The molecule has 0 radical (unpaired) electrons. The standard InChI is InChI=1S/C40H55F3N6O7/c1-23(55-7)32-26(10-8-15-44-32)33-28(19-40(5,6)22-50)27-18-24(12-13-31(27)49(33)35(43)34(41)42)25-14-17-47(20-25)21-30(45-38(54)56-39(2,3)4)36(51)48-16-9-11-29(46-48)37(52)53/h8,10,12-13,15,18,23,25,29-30,34-35,46,50H,9,11,14,16-17,19-22H2,1-7H3,(H,45,54)(H,52,53)/t23-,25?,29-,30-,35?/m0/s1. The number of pyridine rings is 1. The number of aliphatic carboxylic acids is 1. The third kappa shape index (κ3) is 9.82. The Labute approximate surface area is 325 Å². The van der Waals surface area contributed by atoms with E-state index in [-0.39, 0.29) is 43.2 Å². The van der Waals surface area contributed by atoms with E-state index in [0.717, 1.165) is 10.1 Å². The lowest BCUT2D eigenvalue weighted by Gasteiger charge is -2.35. The summed E-state index contributed by atoms with van der Waals surface area (Å²) in [6, 6.07) is 6.76. The predicted octanol–water partition coefficient (Wildman–Crippen LogP) is 5.97. The molecule has 2 aromatic heterocycles. The summed E-state index contributed by atoms with van der Waals surface area (Å²) in [6.07, 6.45) is -4.03. The van der Waals surface area contributed by atoms with E-state index in [1.165, 1.54) is 12.1 Å². The summed E-state index contributed by atoms with van der Waals surface area (Å²) in [5, 5.41) is 24.4. The molecule has 2 unspecified atom stereocenters. The molecule has 1 aromatic carbocycles. The van der Waals surface area contributed by atoms with E-state index in [9.17, 15) is 33.4 Å². The highest BCUT2D eigenvalue weighted by Crippen LogP contribution is 2.44. The van der Waals surface area contributed by atoms with E-state index >= 15 is 4.39 Å². The van der Waals surface area contributed by atoms with Gasteiger partial charge in [-0.2, -0.15) is 0 Å². The number of alkyl halides is 3. The van der Waals surface area contributed by atoms with Crippen LogP contribution in [-0.4, -0.2) is 112 Å². The topological polar surface area (TPSA) is 158 Å². The quantitative estimate of drug-likeness (QED) is 0.154. The van der Waals surface area contributed by atoms with Crippen LogP contribution in [0.5, 0.6) is 0 Å². The number of alkyl carbamates (subject to hydrolysis) is 1. The van der Waals surface area contributed by atoms with Crippen LogP contribution in [0.2, 0.25) is 0 Å². The van der Waals surface area contributed by atoms with Gasteiger partial charge in [0.05, 0.1) is 23.0 Å². The van der Waals surface area contributed by atoms with Crippen molar-refractivity contribution in [1.82, 2.24) is 30.2 Å². The van der Waals surface area contributed by atoms with Gasteiger partial charge in [0.2, 0.25) is 6.30 Å². The van der Waals surface area contributed by atoms with Crippen molar-refractivity contribution < 1.29 is 47.2 Å². The van der Waals surface area contributed by atoms with Crippen LogP contribution >= 0.6 is 0 Å². The lowest BCUT2D eigenvalue weighted by atomic mass is 9.84. The molecule has 2 amide bonds. The van der Waals surface area contributed by atoms with Crippen LogP contribution in [0.4, 0.5) is 18.0 Å². The number of halogens is 3. The van der Waals surface area contributed by atoms with Crippen LogP contribution in [0.15, 0.2) is 36.5 Å². The Bertz CT molecular complexity index is 1880. The van der Waals surface area contributed by atoms with Gasteiger partial charge in [-0.1, -0.05) is 19.9 Å². The Balaban J connectivity index is 1.52. The van der Waals surface area contributed by atoms with Gasteiger partial charge >= 0.3 is 12.1 Å². The maximum absolute atomic E-state index is 15.9. The largest absolute Gasteiger partial charge is 0.480 e. The first-order valence-electron chi connectivity index (χ1n) is 19.0. The number of hydrazine groups is 1. The fourth-order valence-electron chi connectivity index (χ4n) is 7.56. The molecular formula is C40H55F3N6O7.